The topological polar surface area (TPSA) is 24.5 Å². The van der Waals surface area contributed by atoms with Gasteiger partial charge < -0.3 is 10.1 Å². The second-order valence-corrected chi connectivity index (χ2v) is 5.81. The standard InChI is InChI=1S/C14H24N2OS/c1-2-13-12-16(9-10-17-13)8-7-15-6-5-14-4-3-11-18-14/h3-4,11,13,15H,2,5-10,12H2,1H3. The van der Waals surface area contributed by atoms with Gasteiger partial charge in [0.1, 0.15) is 0 Å². The molecule has 1 atom stereocenters. The van der Waals surface area contributed by atoms with Crippen molar-refractivity contribution in [2.75, 3.05) is 39.3 Å². The average molecular weight is 268 g/mol. The maximum atomic E-state index is 5.67. The summed E-state index contributed by atoms with van der Waals surface area (Å²) in [5.74, 6) is 0. The quantitative estimate of drug-likeness (QED) is 0.766. The number of hydrogen-bond donors (Lipinski definition) is 1. The average Bonchev–Trinajstić information content (AvgIpc) is 2.92. The molecule has 18 heavy (non-hydrogen) atoms. The summed E-state index contributed by atoms with van der Waals surface area (Å²) in [4.78, 5) is 3.98. The predicted molar refractivity (Wildman–Crippen MR) is 77.4 cm³/mol. The molecular formula is C14H24N2OS. The van der Waals surface area contributed by atoms with Gasteiger partial charge >= 0.3 is 0 Å². The monoisotopic (exact) mass is 268 g/mol. The Labute approximate surface area is 114 Å². The minimum atomic E-state index is 0.449. The van der Waals surface area contributed by atoms with E-state index in [4.69, 9.17) is 4.74 Å². The predicted octanol–water partition coefficient (Wildman–Crippen LogP) is 1.99. The van der Waals surface area contributed by atoms with E-state index in [1.54, 1.807) is 0 Å². The minimum Gasteiger partial charge on any atom is -0.376 e. The number of nitrogens with zero attached hydrogens (tertiary/aromatic N) is 1. The summed E-state index contributed by atoms with van der Waals surface area (Å²) in [6.45, 7) is 8.60. The van der Waals surface area contributed by atoms with Crippen molar-refractivity contribution in [2.45, 2.75) is 25.9 Å². The van der Waals surface area contributed by atoms with Crippen molar-refractivity contribution in [1.82, 2.24) is 10.2 Å². The Hall–Kier alpha value is -0.420. The van der Waals surface area contributed by atoms with Crippen molar-refractivity contribution in [3.63, 3.8) is 0 Å². The molecule has 1 aromatic rings. The summed E-state index contributed by atoms with van der Waals surface area (Å²) in [5, 5.41) is 5.67. The Morgan fingerprint density at radius 1 is 1.50 bits per heavy atom. The van der Waals surface area contributed by atoms with E-state index in [0.29, 0.717) is 6.10 Å². The Bertz CT molecular complexity index is 316. The molecule has 4 heteroatoms. The number of ether oxygens (including phenoxy) is 1. The van der Waals surface area contributed by atoms with Crippen molar-refractivity contribution < 1.29 is 4.74 Å². The van der Waals surface area contributed by atoms with E-state index >= 15 is 0 Å². The van der Waals surface area contributed by atoms with E-state index in [1.807, 2.05) is 11.3 Å². The first kappa shape index (κ1) is 14.0. The molecule has 0 spiro atoms. The molecule has 3 nitrogen and oxygen atoms in total. The van der Waals surface area contributed by atoms with Crippen LogP contribution >= 0.6 is 11.3 Å². The highest BCUT2D eigenvalue weighted by molar-refractivity contribution is 7.09. The lowest BCUT2D eigenvalue weighted by atomic mass is 10.2. The summed E-state index contributed by atoms with van der Waals surface area (Å²) in [6.07, 6.45) is 2.73. The molecule has 0 aromatic carbocycles. The molecule has 2 rings (SSSR count). The van der Waals surface area contributed by atoms with Crippen LogP contribution in [0.2, 0.25) is 0 Å². The second kappa shape index (κ2) is 7.89. The molecule has 1 unspecified atom stereocenters. The molecule has 1 N–H and O–H groups in total. The fourth-order valence-electron chi connectivity index (χ4n) is 2.26. The van der Waals surface area contributed by atoms with Gasteiger partial charge in [-0.1, -0.05) is 13.0 Å². The molecule has 0 amide bonds. The summed E-state index contributed by atoms with van der Waals surface area (Å²) < 4.78 is 5.67. The van der Waals surface area contributed by atoms with Gasteiger partial charge in [0.2, 0.25) is 0 Å². The van der Waals surface area contributed by atoms with Gasteiger partial charge in [-0.2, -0.15) is 0 Å². The van der Waals surface area contributed by atoms with Gasteiger partial charge in [0, 0.05) is 37.6 Å². The molecule has 1 fully saturated rings. The molecule has 1 aliphatic rings. The number of morpholine rings is 1. The van der Waals surface area contributed by atoms with Gasteiger partial charge in [-0.3, -0.25) is 4.90 Å². The van der Waals surface area contributed by atoms with Crippen LogP contribution in [0.1, 0.15) is 18.2 Å². The van der Waals surface area contributed by atoms with Crippen LogP contribution in [-0.2, 0) is 11.2 Å². The minimum absolute atomic E-state index is 0.449. The van der Waals surface area contributed by atoms with Gasteiger partial charge in [0.15, 0.2) is 0 Å². The maximum Gasteiger partial charge on any atom is 0.0700 e. The molecule has 2 heterocycles. The summed E-state index contributed by atoms with van der Waals surface area (Å²) in [5.41, 5.74) is 0. The van der Waals surface area contributed by atoms with E-state index in [0.717, 1.165) is 52.2 Å². The Morgan fingerprint density at radius 2 is 2.44 bits per heavy atom. The molecule has 102 valence electrons. The van der Waals surface area contributed by atoms with E-state index in [1.165, 1.54) is 4.88 Å². The second-order valence-electron chi connectivity index (χ2n) is 4.78. The van der Waals surface area contributed by atoms with Crippen LogP contribution < -0.4 is 5.32 Å². The number of nitrogens with one attached hydrogen (secondary N) is 1. The van der Waals surface area contributed by atoms with Crippen LogP contribution in [0.4, 0.5) is 0 Å². The van der Waals surface area contributed by atoms with Crippen molar-refractivity contribution in [3.8, 4) is 0 Å². The third kappa shape index (κ3) is 4.69. The lowest BCUT2D eigenvalue weighted by Crippen LogP contribution is -2.44. The highest BCUT2D eigenvalue weighted by atomic mass is 32.1. The first-order valence-electron chi connectivity index (χ1n) is 6.95. The number of thiophene rings is 1. The van der Waals surface area contributed by atoms with Crippen LogP contribution in [0.15, 0.2) is 17.5 Å². The van der Waals surface area contributed by atoms with Crippen LogP contribution in [0.5, 0.6) is 0 Å². The summed E-state index contributed by atoms with van der Waals surface area (Å²) in [6, 6.07) is 4.33. The van der Waals surface area contributed by atoms with Gasteiger partial charge in [0.25, 0.3) is 0 Å². The molecule has 1 aliphatic heterocycles. The van der Waals surface area contributed by atoms with Crippen molar-refractivity contribution in [1.29, 1.82) is 0 Å². The molecule has 0 radical (unpaired) electrons. The van der Waals surface area contributed by atoms with Crippen LogP contribution in [0.25, 0.3) is 0 Å². The van der Waals surface area contributed by atoms with E-state index in [2.05, 4.69) is 34.7 Å². The fraction of sp³-hybridized carbons (Fsp3) is 0.714. The maximum absolute atomic E-state index is 5.67. The first-order valence-corrected chi connectivity index (χ1v) is 7.83. The van der Waals surface area contributed by atoms with Gasteiger partial charge in [-0.15, -0.1) is 11.3 Å². The highest BCUT2D eigenvalue weighted by Crippen LogP contribution is 2.08. The van der Waals surface area contributed by atoms with Gasteiger partial charge in [-0.05, 0) is 24.3 Å². The van der Waals surface area contributed by atoms with Crippen molar-refractivity contribution in [2.24, 2.45) is 0 Å². The zero-order valence-corrected chi connectivity index (χ0v) is 12.0. The lowest BCUT2D eigenvalue weighted by Gasteiger charge is -2.32. The molecule has 1 saturated heterocycles. The number of hydrogen-bond acceptors (Lipinski definition) is 4. The van der Waals surface area contributed by atoms with Crippen molar-refractivity contribution in [3.05, 3.63) is 22.4 Å². The van der Waals surface area contributed by atoms with Crippen LogP contribution in [-0.4, -0.2) is 50.3 Å². The Balaban J connectivity index is 1.52. The van der Waals surface area contributed by atoms with Crippen LogP contribution in [0.3, 0.4) is 0 Å². The smallest absolute Gasteiger partial charge is 0.0700 e. The molecule has 0 bridgehead atoms. The SMILES string of the molecule is CCC1CN(CCNCCc2cccs2)CCO1. The third-order valence-electron chi connectivity index (χ3n) is 3.41. The summed E-state index contributed by atoms with van der Waals surface area (Å²) in [7, 11) is 0. The van der Waals surface area contributed by atoms with Gasteiger partial charge in [0.05, 0.1) is 12.7 Å². The van der Waals surface area contributed by atoms with Crippen LogP contribution in [0, 0.1) is 0 Å². The van der Waals surface area contributed by atoms with E-state index in [9.17, 15) is 0 Å². The largest absolute Gasteiger partial charge is 0.376 e. The van der Waals surface area contributed by atoms with E-state index in [-0.39, 0.29) is 0 Å². The number of rotatable bonds is 7. The summed E-state index contributed by atoms with van der Waals surface area (Å²) >= 11 is 1.85. The molecule has 0 saturated carbocycles. The highest BCUT2D eigenvalue weighted by Gasteiger charge is 2.17. The normalized spacial score (nSPS) is 21.3. The molecular weight excluding hydrogens is 244 g/mol. The zero-order chi connectivity index (χ0) is 12.6. The van der Waals surface area contributed by atoms with E-state index < -0.39 is 0 Å². The Kier molecular flexibility index (Phi) is 6.14. The molecule has 1 aromatic heterocycles. The zero-order valence-electron chi connectivity index (χ0n) is 11.2. The third-order valence-corrected chi connectivity index (χ3v) is 4.35. The first-order chi connectivity index (χ1) is 8.88. The Morgan fingerprint density at radius 3 is 3.22 bits per heavy atom. The van der Waals surface area contributed by atoms with Crippen molar-refractivity contribution >= 4 is 11.3 Å². The van der Waals surface area contributed by atoms with Gasteiger partial charge in [-0.25, -0.2) is 0 Å². The lowest BCUT2D eigenvalue weighted by molar-refractivity contribution is -0.0290. The fourth-order valence-corrected chi connectivity index (χ4v) is 2.97. The molecule has 0 aliphatic carbocycles.